The molecular formula is C13H20N2O3. The molecule has 1 aromatic heterocycles. The van der Waals surface area contributed by atoms with E-state index in [9.17, 15) is 9.59 Å². The standard InChI is InChI=1S/C13H20N2O3/c1-7-9(12(17)18-6)8(2)14-10(7)11(16)15-13(3,4)5/h14H,1-6H3,(H,15,16). The number of nitrogens with one attached hydrogen (secondary N) is 2. The zero-order valence-electron chi connectivity index (χ0n) is 11.7. The maximum Gasteiger partial charge on any atom is 0.339 e. The first-order chi connectivity index (χ1) is 8.17. The van der Waals surface area contributed by atoms with Gasteiger partial charge in [-0.25, -0.2) is 4.79 Å². The van der Waals surface area contributed by atoms with Crippen molar-refractivity contribution in [2.24, 2.45) is 0 Å². The van der Waals surface area contributed by atoms with Crippen LogP contribution in [-0.2, 0) is 4.74 Å². The van der Waals surface area contributed by atoms with E-state index in [1.807, 2.05) is 20.8 Å². The molecule has 100 valence electrons. The molecule has 0 aliphatic rings. The molecule has 0 aromatic carbocycles. The average molecular weight is 252 g/mol. The average Bonchev–Trinajstić information content (AvgIpc) is 2.51. The maximum atomic E-state index is 12.1. The molecule has 0 atom stereocenters. The summed E-state index contributed by atoms with van der Waals surface area (Å²) in [5.41, 5.74) is 1.76. The number of hydrogen-bond acceptors (Lipinski definition) is 3. The molecule has 0 bridgehead atoms. The van der Waals surface area contributed by atoms with Gasteiger partial charge in [0.1, 0.15) is 5.69 Å². The molecule has 5 heteroatoms. The van der Waals surface area contributed by atoms with Gasteiger partial charge in [0.2, 0.25) is 0 Å². The van der Waals surface area contributed by atoms with Crippen LogP contribution in [-0.4, -0.2) is 29.5 Å². The van der Waals surface area contributed by atoms with Crippen molar-refractivity contribution < 1.29 is 14.3 Å². The van der Waals surface area contributed by atoms with Gasteiger partial charge in [-0.15, -0.1) is 0 Å². The third-order valence-corrected chi connectivity index (χ3v) is 2.54. The van der Waals surface area contributed by atoms with Gasteiger partial charge in [0.15, 0.2) is 0 Å². The maximum absolute atomic E-state index is 12.1. The SMILES string of the molecule is COC(=O)c1c(C)[nH]c(C(=O)NC(C)(C)C)c1C. The molecule has 1 heterocycles. The Kier molecular flexibility index (Phi) is 3.84. The van der Waals surface area contributed by atoms with E-state index < -0.39 is 5.97 Å². The molecule has 0 saturated carbocycles. The summed E-state index contributed by atoms with van der Waals surface area (Å²) in [5, 5.41) is 2.85. The second-order valence-corrected chi connectivity index (χ2v) is 5.32. The van der Waals surface area contributed by atoms with Gasteiger partial charge >= 0.3 is 5.97 Å². The molecule has 2 N–H and O–H groups in total. The van der Waals surface area contributed by atoms with Crippen molar-refractivity contribution in [3.8, 4) is 0 Å². The number of ether oxygens (including phenoxy) is 1. The first-order valence-corrected chi connectivity index (χ1v) is 5.77. The molecule has 0 aliphatic heterocycles. The summed E-state index contributed by atoms with van der Waals surface area (Å²) >= 11 is 0. The lowest BCUT2D eigenvalue weighted by molar-refractivity contribution is 0.0599. The number of methoxy groups -OCH3 is 1. The van der Waals surface area contributed by atoms with Gasteiger partial charge in [-0.05, 0) is 40.2 Å². The summed E-state index contributed by atoms with van der Waals surface area (Å²) < 4.78 is 4.70. The molecule has 18 heavy (non-hydrogen) atoms. The Labute approximate surface area is 107 Å². The summed E-state index contributed by atoms with van der Waals surface area (Å²) in [6, 6.07) is 0. The Balaban J connectivity index is 3.13. The predicted molar refractivity (Wildman–Crippen MR) is 68.8 cm³/mol. The van der Waals surface area contributed by atoms with Crippen LogP contribution < -0.4 is 5.32 Å². The highest BCUT2D eigenvalue weighted by atomic mass is 16.5. The largest absolute Gasteiger partial charge is 0.465 e. The number of hydrogen-bond donors (Lipinski definition) is 2. The molecule has 1 amide bonds. The van der Waals surface area contributed by atoms with Crippen LogP contribution >= 0.6 is 0 Å². The van der Waals surface area contributed by atoms with Crippen LogP contribution in [0.25, 0.3) is 0 Å². The zero-order valence-corrected chi connectivity index (χ0v) is 11.7. The van der Waals surface area contributed by atoms with Crippen LogP contribution in [0.5, 0.6) is 0 Å². The molecule has 0 radical (unpaired) electrons. The fourth-order valence-corrected chi connectivity index (χ4v) is 1.79. The van der Waals surface area contributed by atoms with E-state index in [4.69, 9.17) is 4.74 Å². The van der Waals surface area contributed by atoms with E-state index in [1.54, 1.807) is 13.8 Å². The van der Waals surface area contributed by atoms with Crippen molar-refractivity contribution in [1.82, 2.24) is 10.3 Å². The van der Waals surface area contributed by atoms with Crippen molar-refractivity contribution in [2.45, 2.75) is 40.2 Å². The molecule has 1 rings (SSSR count). The summed E-state index contributed by atoms with van der Waals surface area (Å²) in [6.07, 6.45) is 0. The number of carbonyl (C=O) groups is 2. The van der Waals surface area contributed by atoms with Crippen LogP contribution in [0.4, 0.5) is 0 Å². The topological polar surface area (TPSA) is 71.2 Å². The third-order valence-electron chi connectivity index (χ3n) is 2.54. The van der Waals surface area contributed by atoms with Crippen molar-refractivity contribution in [1.29, 1.82) is 0 Å². The van der Waals surface area contributed by atoms with Crippen LogP contribution in [0.1, 0.15) is 52.9 Å². The normalized spacial score (nSPS) is 11.2. The molecule has 0 spiro atoms. The first kappa shape index (κ1) is 14.3. The highest BCUT2D eigenvalue weighted by molar-refractivity contribution is 6.00. The second-order valence-electron chi connectivity index (χ2n) is 5.32. The number of amides is 1. The number of esters is 1. The number of aryl methyl sites for hydroxylation is 1. The van der Waals surface area contributed by atoms with Gasteiger partial charge in [0.25, 0.3) is 5.91 Å². The van der Waals surface area contributed by atoms with Crippen molar-refractivity contribution >= 4 is 11.9 Å². The highest BCUT2D eigenvalue weighted by Crippen LogP contribution is 2.19. The quantitative estimate of drug-likeness (QED) is 0.790. The zero-order chi connectivity index (χ0) is 14.1. The smallest absolute Gasteiger partial charge is 0.339 e. The minimum Gasteiger partial charge on any atom is -0.465 e. The lowest BCUT2D eigenvalue weighted by Crippen LogP contribution is -2.41. The molecule has 0 fully saturated rings. The van der Waals surface area contributed by atoms with E-state index in [2.05, 4.69) is 10.3 Å². The summed E-state index contributed by atoms with van der Waals surface area (Å²) in [5.74, 6) is -0.658. The van der Waals surface area contributed by atoms with Crippen LogP contribution in [0.3, 0.4) is 0 Å². The van der Waals surface area contributed by atoms with E-state index in [0.29, 0.717) is 22.5 Å². The van der Waals surface area contributed by atoms with Crippen molar-refractivity contribution in [2.75, 3.05) is 7.11 Å². The first-order valence-electron chi connectivity index (χ1n) is 5.77. The molecule has 5 nitrogen and oxygen atoms in total. The fraction of sp³-hybridized carbons (Fsp3) is 0.538. The fourth-order valence-electron chi connectivity index (χ4n) is 1.79. The van der Waals surface area contributed by atoms with Gasteiger partial charge < -0.3 is 15.0 Å². The van der Waals surface area contributed by atoms with Gasteiger partial charge in [-0.2, -0.15) is 0 Å². The Morgan fingerprint density at radius 1 is 1.22 bits per heavy atom. The van der Waals surface area contributed by atoms with Gasteiger partial charge in [-0.3, -0.25) is 4.79 Å². The highest BCUT2D eigenvalue weighted by Gasteiger charge is 2.24. The lowest BCUT2D eigenvalue weighted by atomic mass is 10.1. The van der Waals surface area contributed by atoms with Crippen LogP contribution in [0, 0.1) is 13.8 Å². The van der Waals surface area contributed by atoms with Gasteiger partial charge in [-0.1, -0.05) is 0 Å². The van der Waals surface area contributed by atoms with Gasteiger partial charge in [0, 0.05) is 11.2 Å². The number of rotatable bonds is 2. The molecule has 0 aliphatic carbocycles. The Morgan fingerprint density at radius 3 is 2.22 bits per heavy atom. The lowest BCUT2D eigenvalue weighted by Gasteiger charge is -2.20. The van der Waals surface area contributed by atoms with Crippen molar-refractivity contribution in [3.05, 3.63) is 22.5 Å². The minimum atomic E-state index is -0.434. The summed E-state index contributed by atoms with van der Waals surface area (Å²) in [6.45, 7) is 9.17. The Hall–Kier alpha value is -1.78. The Morgan fingerprint density at radius 2 is 1.78 bits per heavy atom. The Bertz CT molecular complexity index is 481. The molecular weight excluding hydrogens is 232 g/mol. The monoisotopic (exact) mass is 252 g/mol. The van der Waals surface area contributed by atoms with E-state index in [0.717, 1.165) is 0 Å². The molecule has 0 saturated heterocycles. The number of aromatic amines is 1. The summed E-state index contributed by atoms with van der Waals surface area (Å²) in [4.78, 5) is 26.6. The van der Waals surface area contributed by atoms with E-state index in [1.165, 1.54) is 7.11 Å². The molecule has 1 aromatic rings. The van der Waals surface area contributed by atoms with Crippen molar-refractivity contribution in [3.63, 3.8) is 0 Å². The number of H-pyrrole nitrogens is 1. The predicted octanol–water partition coefficient (Wildman–Crippen LogP) is 1.95. The van der Waals surface area contributed by atoms with Crippen LogP contribution in [0.15, 0.2) is 0 Å². The van der Waals surface area contributed by atoms with E-state index in [-0.39, 0.29) is 11.4 Å². The van der Waals surface area contributed by atoms with E-state index >= 15 is 0 Å². The minimum absolute atomic E-state index is 0.224. The number of carbonyl (C=O) groups excluding carboxylic acids is 2. The molecule has 0 unspecified atom stereocenters. The van der Waals surface area contributed by atoms with Gasteiger partial charge in [0.05, 0.1) is 12.7 Å². The number of aromatic nitrogens is 1. The third kappa shape index (κ3) is 2.91. The van der Waals surface area contributed by atoms with Crippen LogP contribution in [0.2, 0.25) is 0 Å². The second kappa shape index (κ2) is 4.84. The summed E-state index contributed by atoms with van der Waals surface area (Å²) in [7, 11) is 1.32.